The highest BCUT2D eigenvalue weighted by atomic mass is 32.2. The maximum Gasteiger partial charge on any atom is 0.252 e. The van der Waals surface area contributed by atoms with Gasteiger partial charge in [-0.1, -0.05) is 42.5 Å². The Balaban J connectivity index is 1.60. The number of carbonyl (C=O) groups is 1. The van der Waals surface area contributed by atoms with Crippen LogP contribution in [0.25, 0.3) is 0 Å². The maximum absolute atomic E-state index is 12.6. The van der Waals surface area contributed by atoms with Gasteiger partial charge in [-0.2, -0.15) is 0 Å². The number of carbonyl (C=O) groups excluding carboxylic acids is 1. The first-order chi connectivity index (χ1) is 12.8. The molecule has 2 aromatic carbocycles. The van der Waals surface area contributed by atoms with Crippen molar-refractivity contribution in [2.45, 2.75) is 23.8 Å². The Bertz CT molecular complexity index is 829. The molecule has 0 aliphatic rings. The van der Waals surface area contributed by atoms with Crippen molar-refractivity contribution >= 4 is 29.0 Å². The molecule has 0 bridgehead atoms. The predicted molar refractivity (Wildman–Crippen MR) is 109 cm³/mol. The lowest BCUT2D eigenvalue weighted by atomic mass is 10.1. The number of methoxy groups -OCH3 is 1. The van der Waals surface area contributed by atoms with Gasteiger partial charge in [-0.3, -0.25) is 4.79 Å². The predicted octanol–water partition coefficient (Wildman–Crippen LogP) is 5.12. The zero-order valence-corrected chi connectivity index (χ0v) is 16.2. The summed E-state index contributed by atoms with van der Waals surface area (Å²) in [6.07, 6.45) is 0. The number of thiophene rings is 1. The number of ether oxygens (including phenoxy) is 1. The number of rotatable bonds is 8. The van der Waals surface area contributed by atoms with Crippen molar-refractivity contribution in [1.82, 2.24) is 5.32 Å². The standard InChI is InChI=1S/C21H21NO2S2/c1-24-14-17-10-8-16(9-11-17)13-22-21(23)19-6-2-3-7-20(19)26-15-18-5-4-12-25-18/h2-12H,13-15H2,1H3,(H,22,23). The Morgan fingerprint density at radius 3 is 2.54 bits per heavy atom. The number of hydrogen-bond acceptors (Lipinski definition) is 4. The molecule has 0 fully saturated rings. The summed E-state index contributed by atoms with van der Waals surface area (Å²) in [7, 11) is 1.68. The van der Waals surface area contributed by atoms with Crippen molar-refractivity contribution in [1.29, 1.82) is 0 Å². The topological polar surface area (TPSA) is 38.3 Å². The molecule has 0 atom stereocenters. The van der Waals surface area contributed by atoms with Crippen LogP contribution in [0.1, 0.15) is 26.4 Å². The average Bonchev–Trinajstić information content (AvgIpc) is 3.20. The van der Waals surface area contributed by atoms with Gasteiger partial charge in [0.25, 0.3) is 5.91 Å². The third-order valence-corrected chi connectivity index (χ3v) is 6.05. The Morgan fingerprint density at radius 2 is 1.81 bits per heavy atom. The molecular formula is C21H21NO2S2. The lowest BCUT2D eigenvalue weighted by molar-refractivity contribution is 0.0948. The summed E-state index contributed by atoms with van der Waals surface area (Å²) in [4.78, 5) is 14.9. The Hall–Kier alpha value is -2.08. The molecular weight excluding hydrogens is 362 g/mol. The molecule has 1 aromatic heterocycles. The van der Waals surface area contributed by atoms with Gasteiger partial charge < -0.3 is 10.1 Å². The summed E-state index contributed by atoms with van der Waals surface area (Å²) in [6.45, 7) is 1.11. The minimum absolute atomic E-state index is 0.0414. The number of hydrogen-bond donors (Lipinski definition) is 1. The van der Waals surface area contributed by atoms with E-state index in [-0.39, 0.29) is 5.91 Å². The van der Waals surface area contributed by atoms with Gasteiger partial charge in [-0.05, 0) is 34.7 Å². The van der Waals surface area contributed by atoms with E-state index in [0.29, 0.717) is 13.2 Å². The Morgan fingerprint density at radius 1 is 1.04 bits per heavy atom. The molecule has 0 aliphatic heterocycles. The van der Waals surface area contributed by atoms with E-state index in [4.69, 9.17) is 4.74 Å². The number of amides is 1. The molecule has 1 heterocycles. The molecule has 1 amide bonds. The number of nitrogens with one attached hydrogen (secondary N) is 1. The van der Waals surface area contributed by atoms with Gasteiger partial charge in [-0.25, -0.2) is 0 Å². The summed E-state index contributed by atoms with van der Waals surface area (Å²) in [5.41, 5.74) is 2.92. The van der Waals surface area contributed by atoms with E-state index in [1.54, 1.807) is 30.2 Å². The van der Waals surface area contributed by atoms with Gasteiger partial charge >= 0.3 is 0 Å². The van der Waals surface area contributed by atoms with Gasteiger partial charge in [0, 0.05) is 29.2 Å². The molecule has 3 nitrogen and oxygen atoms in total. The van der Waals surface area contributed by atoms with Crippen LogP contribution in [0.15, 0.2) is 70.9 Å². The number of thioether (sulfide) groups is 1. The van der Waals surface area contributed by atoms with Crippen LogP contribution < -0.4 is 5.32 Å². The largest absolute Gasteiger partial charge is 0.380 e. The molecule has 0 unspecified atom stereocenters. The lowest BCUT2D eigenvalue weighted by Crippen LogP contribution is -2.23. The summed E-state index contributed by atoms with van der Waals surface area (Å²) >= 11 is 3.44. The minimum Gasteiger partial charge on any atom is -0.380 e. The monoisotopic (exact) mass is 383 g/mol. The molecule has 3 aromatic rings. The molecule has 0 saturated carbocycles. The maximum atomic E-state index is 12.6. The van der Waals surface area contributed by atoms with Gasteiger partial charge in [0.15, 0.2) is 0 Å². The summed E-state index contributed by atoms with van der Waals surface area (Å²) in [6, 6.07) is 20.0. The van der Waals surface area contributed by atoms with Gasteiger partial charge in [0.2, 0.25) is 0 Å². The van der Waals surface area contributed by atoms with E-state index < -0.39 is 0 Å². The first kappa shape index (κ1) is 18.7. The SMILES string of the molecule is COCc1ccc(CNC(=O)c2ccccc2SCc2cccs2)cc1. The molecule has 3 rings (SSSR count). The molecule has 0 radical (unpaired) electrons. The minimum atomic E-state index is -0.0414. The zero-order chi connectivity index (χ0) is 18.2. The fourth-order valence-corrected chi connectivity index (χ4v) is 4.34. The van der Waals surface area contributed by atoms with Crippen molar-refractivity contribution in [3.8, 4) is 0 Å². The first-order valence-electron chi connectivity index (χ1n) is 8.35. The second-order valence-electron chi connectivity index (χ2n) is 5.80. The van der Waals surface area contributed by atoms with E-state index in [9.17, 15) is 4.79 Å². The van der Waals surface area contributed by atoms with Crippen molar-refractivity contribution in [3.63, 3.8) is 0 Å². The fourth-order valence-electron chi connectivity index (χ4n) is 2.52. The summed E-state index contributed by atoms with van der Waals surface area (Å²) in [5.74, 6) is 0.836. The third-order valence-electron chi connectivity index (χ3n) is 3.87. The molecule has 0 saturated heterocycles. The van der Waals surface area contributed by atoms with Crippen molar-refractivity contribution in [2.24, 2.45) is 0 Å². The van der Waals surface area contributed by atoms with Gasteiger partial charge in [-0.15, -0.1) is 23.1 Å². The fraction of sp³-hybridized carbons (Fsp3) is 0.190. The average molecular weight is 384 g/mol. The van der Waals surface area contributed by atoms with Crippen LogP contribution in [0.2, 0.25) is 0 Å². The molecule has 0 aliphatic carbocycles. The lowest BCUT2D eigenvalue weighted by Gasteiger charge is -2.10. The number of benzene rings is 2. The highest BCUT2D eigenvalue weighted by molar-refractivity contribution is 7.98. The molecule has 5 heteroatoms. The zero-order valence-electron chi connectivity index (χ0n) is 14.6. The van der Waals surface area contributed by atoms with Crippen LogP contribution in [0.4, 0.5) is 0 Å². The van der Waals surface area contributed by atoms with E-state index in [1.165, 1.54) is 4.88 Å². The second kappa shape index (κ2) is 9.57. The first-order valence-corrected chi connectivity index (χ1v) is 10.2. The Kier molecular flexibility index (Phi) is 6.89. The van der Waals surface area contributed by atoms with E-state index in [2.05, 4.69) is 22.8 Å². The van der Waals surface area contributed by atoms with Crippen molar-refractivity contribution < 1.29 is 9.53 Å². The van der Waals surface area contributed by atoms with Crippen LogP contribution >= 0.6 is 23.1 Å². The van der Waals surface area contributed by atoms with Gasteiger partial charge in [0.05, 0.1) is 12.2 Å². The normalized spacial score (nSPS) is 10.7. The van der Waals surface area contributed by atoms with E-state index in [1.807, 2.05) is 48.5 Å². The van der Waals surface area contributed by atoms with Gasteiger partial charge in [0.1, 0.15) is 0 Å². The summed E-state index contributed by atoms with van der Waals surface area (Å²) in [5, 5.41) is 5.10. The second-order valence-corrected chi connectivity index (χ2v) is 7.85. The highest BCUT2D eigenvalue weighted by Gasteiger charge is 2.11. The molecule has 134 valence electrons. The van der Waals surface area contributed by atoms with Crippen LogP contribution in [-0.4, -0.2) is 13.0 Å². The summed E-state index contributed by atoms with van der Waals surface area (Å²) < 4.78 is 5.12. The van der Waals surface area contributed by atoms with Crippen LogP contribution in [0.3, 0.4) is 0 Å². The molecule has 1 N–H and O–H groups in total. The van der Waals surface area contributed by atoms with E-state index in [0.717, 1.165) is 27.3 Å². The smallest absolute Gasteiger partial charge is 0.252 e. The van der Waals surface area contributed by atoms with Crippen LogP contribution in [-0.2, 0) is 23.6 Å². The quantitative estimate of drug-likeness (QED) is 0.549. The van der Waals surface area contributed by atoms with Crippen LogP contribution in [0.5, 0.6) is 0 Å². The van der Waals surface area contributed by atoms with Crippen LogP contribution in [0, 0.1) is 0 Å². The third kappa shape index (κ3) is 5.21. The van der Waals surface area contributed by atoms with Crippen molar-refractivity contribution in [3.05, 3.63) is 87.6 Å². The Labute approximate surface area is 162 Å². The molecule has 26 heavy (non-hydrogen) atoms. The molecule has 0 spiro atoms. The highest BCUT2D eigenvalue weighted by Crippen LogP contribution is 2.28. The van der Waals surface area contributed by atoms with Crippen molar-refractivity contribution in [2.75, 3.05) is 7.11 Å². The van der Waals surface area contributed by atoms with E-state index >= 15 is 0 Å².